The number of aliphatic hydroxyl groups is 2. The summed E-state index contributed by atoms with van der Waals surface area (Å²) in [7, 11) is 0. The highest BCUT2D eigenvalue weighted by molar-refractivity contribution is 6.07. The first kappa shape index (κ1) is 27.1. The van der Waals surface area contributed by atoms with E-state index in [4.69, 9.17) is 4.74 Å². The van der Waals surface area contributed by atoms with Crippen molar-refractivity contribution in [3.05, 3.63) is 0 Å². The third kappa shape index (κ3) is 10.6. The highest BCUT2D eigenvalue weighted by atomic mass is 16.6. The van der Waals surface area contributed by atoms with Crippen LogP contribution in [0.1, 0.15) is 117 Å². The van der Waals surface area contributed by atoms with E-state index in [1.165, 1.54) is 32.1 Å². The van der Waals surface area contributed by atoms with E-state index in [-0.39, 0.29) is 19.4 Å². The van der Waals surface area contributed by atoms with Gasteiger partial charge in [-0.2, -0.15) is 0 Å². The summed E-state index contributed by atoms with van der Waals surface area (Å²) in [4.78, 5) is 25.0. The molecule has 0 rings (SSSR count). The predicted molar refractivity (Wildman–Crippen MR) is 113 cm³/mol. The van der Waals surface area contributed by atoms with Gasteiger partial charge in [0.05, 0.1) is 6.61 Å². The van der Waals surface area contributed by atoms with Crippen LogP contribution in [0, 0.1) is 0 Å². The normalized spacial score (nSPS) is 14.5. The van der Waals surface area contributed by atoms with Crippen molar-refractivity contribution < 1.29 is 24.5 Å². The van der Waals surface area contributed by atoms with E-state index in [9.17, 15) is 19.8 Å². The van der Waals surface area contributed by atoms with Gasteiger partial charge in [-0.25, -0.2) is 4.79 Å². The Labute approximate surface area is 172 Å². The van der Waals surface area contributed by atoms with Crippen molar-refractivity contribution in [3.63, 3.8) is 0 Å². The van der Waals surface area contributed by atoms with E-state index < -0.39 is 23.5 Å². The largest absolute Gasteiger partial charge is 0.463 e. The molecule has 0 saturated heterocycles. The Kier molecular flexibility index (Phi) is 16.4. The molecule has 0 aromatic heterocycles. The van der Waals surface area contributed by atoms with Crippen LogP contribution in [0.15, 0.2) is 0 Å². The lowest BCUT2D eigenvalue weighted by atomic mass is 9.86. The topological polar surface area (TPSA) is 83.8 Å². The van der Waals surface area contributed by atoms with Crippen LogP contribution in [0.5, 0.6) is 0 Å². The van der Waals surface area contributed by atoms with Crippen molar-refractivity contribution in [2.24, 2.45) is 0 Å². The molecule has 0 aromatic rings. The number of carbonyl (C=O) groups is 2. The summed E-state index contributed by atoms with van der Waals surface area (Å²) in [5.74, 6) is -1.61. The van der Waals surface area contributed by atoms with Gasteiger partial charge in [0.25, 0.3) is 0 Å². The number of unbranched alkanes of at least 4 members (excludes halogenated alkanes) is 10. The number of carbonyl (C=O) groups excluding carboxylic acids is 2. The lowest BCUT2D eigenvalue weighted by molar-refractivity contribution is -0.183. The Hall–Kier alpha value is -0.940. The molecular formula is C23H44O5. The second-order valence-corrected chi connectivity index (χ2v) is 7.92. The van der Waals surface area contributed by atoms with Crippen molar-refractivity contribution in [1.82, 2.24) is 0 Å². The molecule has 0 aliphatic carbocycles. The zero-order valence-corrected chi connectivity index (χ0v) is 18.5. The molecule has 0 aliphatic rings. The van der Waals surface area contributed by atoms with Gasteiger partial charge in [-0.1, -0.05) is 91.4 Å². The van der Waals surface area contributed by atoms with Crippen molar-refractivity contribution in [2.75, 3.05) is 6.61 Å². The van der Waals surface area contributed by atoms with E-state index in [0.29, 0.717) is 19.3 Å². The zero-order valence-electron chi connectivity index (χ0n) is 18.5. The number of aliphatic hydroxyl groups excluding tert-OH is 1. The Morgan fingerprint density at radius 1 is 0.786 bits per heavy atom. The van der Waals surface area contributed by atoms with Crippen LogP contribution in [0.25, 0.3) is 0 Å². The molecule has 5 heteroatoms. The van der Waals surface area contributed by atoms with Gasteiger partial charge in [0.15, 0.2) is 5.78 Å². The first-order chi connectivity index (χ1) is 13.4. The van der Waals surface area contributed by atoms with Gasteiger partial charge in [-0.15, -0.1) is 0 Å². The van der Waals surface area contributed by atoms with Crippen molar-refractivity contribution in [2.45, 2.75) is 129 Å². The molecular weight excluding hydrogens is 356 g/mol. The molecule has 2 atom stereocenters. The standard InChI is InChI=1S/C23H44O5/c1-4-7-10-11-12-13-14-15-16-18-21(25)23(27,20(24)17-8-5-2)22(26)28-19-9-6-3/h20,24,27H,4-19H2,1-3H3. The summed E-state index contributed by atoms with van der Waals surface area (Å²) >= 11 is 0. The summed E-state index contributed by atoms with van der Waals surface area (Å²) in [6, 6.07) is 0. The van der Waals surface area contributed by atoms with Gasteiger partial charge in [0.1, 0.15) is 6.10 Å². The highest BCUT2D eigenvalue weighted by Gasteiger charge is 2.50. The van der Waals surface area contributed by atoms with Crippen LogP contribution in [0.2, 0.25) is 0 Å². The average Bonchev–Trinajstić information content (AvgIpc) is 2.69. The molecule has 0 bridgehead atoms. The Balaban J connectivity index is 4.48. The zero-order chi connectivity index (χ0) is 21.3. The molecule has 0 saturated carbocycles. The quantitative estimate of drug-likeness (QED) is 0.179. The summed E-state index contributed by atoms with van der Waals surface area (Å²) < 4.78 is 5.09. The number of rotatable bonds is 19. The molecule has 0 amide bonds. The first-order valence-electron chi connectivity index (χ1n) is 11.6. The number of Topliss-reactive ketones (excluding diaryl/α,β-unsaturated/α-hetero) is 1. The lowest BCUT2D eigenvalue weighted by Gasteiger charge is -2.29. The second kappa shape index (κ2) is 17.0. The molecule has 0 radical (unpaired) electrons. The molecule has 166 valence electrons. The fourth-order valence-electron chi connectivity index (χ4n) is 3.25. The predicted octanol–water partition coefficient (Wildman–Crippen LogP) is 5.10. The van der Waals surface area contributed by atoms with Crippen LogP contribution in [-0.2, 0) is 14.3 Å². The minimum atomic E-state index is -2.43. The Morgan fingerprint density at radius 3 is 1.82 bits per heavy atom. The minimum Gasteiger partial charge on any atom is -0.463 e. The number of ether oxygens (including phenoxy) is 1. The van der Waals surface area contributed by atoms with Crippen molar-refractivity contribution in [1.29, 1.82) is 0 Å². The summed E-state index contributed by atoms with van der Waals surface area (Å²) in [5.41, 5.74) is -2.43. The third-order valence-electron chi connectivity index (χ3n) is 5.29. The maximum Gasteiger partial charge on any atom is 0.348 e. The molecule has 2 N–H and O–H groups in total. The van der Waals surface area contributed by atoms with E-state index in [2.05, 4.69) is 6.92 Å². The molecule has 5 nitrogen and oxygen atoms in total. The van der Waals surface area contributed by atoms with Crippen molar-refractivity contribution in [3.8, 4) is 0 Å². The SMILES string of the molecule is CCCCCCCCCCCC(=O)C(O)(C(=O)OCCCC)C(O)CCCC. The molecule has 0 fully saturated rings. The second-order valence-electron chi connectivity index (χ2n) is 7.92. The molecule has 2 unspecified atom stereocenters. The van der Waals surface area contributed by atoms with E-state index in [1.54, 1.807) is 0 Å². The van der Waals surface area contributed by atoms with Crippen LogP contribution in [0.4, 0.5) is 0 Å². The van der Waals surface area contributed by atoms with Crippen LogP contribution < -0.4 is 0 Å². The highest BCUT2D eigenvalue weighted by Crippen LogP contribution is 2.23. The maximum atomic E-state index is 12.6. The maximum absolute atomic E-state index is 12.6. The van der Waals surface area contributed by atoms with Gasteiger partial charge < -0.3 is 14.9 Å². The monoisotopic (exact) mass is 400 g/mol. The van der Waals surface area contributed by atoms with Gasteiger partial charge in [-0.05, 0) is 19.3 Å². The number of ketones is 1. The van der Waals surface area contributed by atoms with Crippen molar-refractivity contribution >= 4 is 11.8 Å². The van der Waals surface area contributed by atoms with Crippen LogP contribution >= 0.6 is 0 Å². The molecule has 0 spiro atoms. The molecule has 28 heavy (non-hydrogen) atoms. The smallest absolute Gasteiger partial charge is 0.348 e. The fraction of sp³-hybridized carbons (Fsp3) is 0.913. The van der Waals surface area contributed by atoms with Crippen LogP contribution in [0.3, 0.4) is 0 Å². The first-order valence-corrected chi connectivity index (χ1v) is 11.6. The summed E-state index contributed by atoms with van der Waals surface area (Å²) in [5, 5.41) is 21.2. The molecule has 0 aromatic carbocycles. The van der Waals surface area contributed by atoms with Gasteiger partial charge in [0.2, 0.25) is 5.60 Å². The average molecular weight is 401 g/mol. The van der Waals surface area contributed by atoms with Gasteiger partial charge in [-0.3, -0.25) is 4.79 Å². The van der Waals surface area contributed by atoms with Gasteiger partial charge in [0, 0.05) is 6.42 Å². The number of hydrogen-bond donors (Lipinski definition) is 2. The summed E-state index contributed by atoms with van der Waals surface area (Å²) in [6.07, 6.45) is 11.9. The van der Waals surface area contributed by atoms with Crippen LogP contribution in [-0.4, -0.2) is 40.3 Å². The lowest BCUT2D eigenvalue weighted by Crippen LogP contribution is -2.56. The van der Waals surface area contributed by atoms with E-state index in [0.717, 1.165) is 32.1 Å². The fourth-order valence-corrected chi connectivity index (χ4v) is 3.25. The van der Waals surface area contributed by atoms with E-state index in [1.807, 2.05) is 13.8 Å². The minimum absolute atomic E-state index is 0.0956. The molecule has 0 aliphatic heterocycles. The third-order valence-corrected chi connectivity index (χ3v) is 5.29. The molecule has 0 heterocycles. The van der Waals surface area contributed by atoms with E-state index >= 15 is 0 Å². The van der Waals surface area contributed by atoms with Gasteiger partial charge >= 0.3 is 5.97 Å². The number of esters is 1. The Morgan fingerprint density at radius 2 is 1.29 bits per heavy atom. The number of hydrogen-bond acceptors (Lipinski definition) is 5. The summed E-state index contributed by atoms with van der Waals surface area (Å²) in [6.45, 7) is 6.28. The Bertz CT molecular complexity index is 410.